The molecule has 1 aromatic rings. The Balaban J connectivity index is 1.56. The van der Waals surface area contributed by atoms with Crippen LogP contribution < -0.4 is 4.90 Å². The maximum absolute atomic E-state index is 12.5. The highest BCUT2D eigenvalue weighted by Crippen LogP contribution is 2.24. The summed E-state index contributed by atoms with van der Waals surface area (Å²) < 4.78 is 5.29. The number of carbonyl (C=O) groups excluding carboxylic acids is 1. The molecule has 2 fully saturated rings. The molecule has 0 radical (unpaired) electrons. The molecule has 6 nitrogen and oxygen atoms in total. The van der Waals surface area contributed by atoms with Gasteiger partial charge in [0.2, 0.25) is 5.91 Å². The smallest absolute Gasteiger partial charge is 0.225 e. The number of aromatic nitrogens is 2. The van der Waals surface area contributed by atoms with E-state index in [1.807, 2.05) is 4.90 Å². The third kappa shape index (κ3) is 3.44. The van der Waals surface area contributed by atoms with Crippen molar-refractivity contribution in [1.82, 2.24) is 14.9 Å². The van der Waals surface area contributed by atoms with E-state index in [1.165, 1.54) is 6.20 Å². The molecule has 2 aliphatic rings. The summed E-state index contributed by atoms with van der Waals surface area (Å²) in [6.45, 7) is 4.38. The minimum absolute atomic E-state index is 0.117. The Hall–Kier alpha value is -1.40. The van der Waals surface area contributed by atoms with E-state index in [1.54, 1.807) is 6.20 Å². The number of nitrogens with zero attached hydrogens (tertiary/aromatic N) is 4. The van der Waals surface area contributed by atoms with Crippen molar-refractivity contribution in [2.45, 2.75) is 12.8 Å². The standard InChI is InChI=1S/C14H19ClN4O2/c15-12-9-16-10-13(17-12)18-3-1-11(2-4-18)14(20)19-5-7-21-8-6-19/h9-11H,1-8H2. The van der Waals surface area contributed by atoms with E-state index in [2.05, 4.69) is 14.9 Å². The van der Waals surface area contributed by atoms with Gasteiger partial charge in [0, 0.05) is 32.1 Å². The van der Waals surface area contributed by atoms with E-state index >= 15 is 0 Å². The van der Waals surface area contributed by atoms with Gasteiger partial charge in [-0.1, -0.05) is 11.6 Å². The lowest BCUT2D eigenvalue weighted by Crippen LogP contribution is -2.46. The highest BCUT2D eigenvalue weighted by molar-refractivity contribution is 6.29. The van der Waals surface area contributed by atoms with E-state index in [9.17, 15) is 4.79 Å². The molecule has 1 aromatic heterocycles. The second kappa shape index (κ2) is 6.58. The maximum atomic E-state index is 12.5. The van der Waals surface area contributed by atoms with Crippen LogP contribution in [0.4, 0.5) is 5.82 Å². The summed E-state index contributed by atoms with van der Waals surface area (Å²) in [7, 11) is 0. The molecule has 3 heterocycles. The Bertz CT molecular complexity index is 500. The van der Waals surface area contributed by atoms with Crippen molar-refractivity contribution >= 4 is 23.3 Å². The summed E-state index contributed by atoms with van der Waals surface area (Å²) in [6, 6.07) is 0. The summed E-state index contributed by atoms with van der Waals surface area (Å²) >= 11 is 5.87. The normalized spacial score (nSPS) is 20.6. The zero-order valence-corrected chi connectivity index (χ0v) is 12.6. The summed E-state index contributed by atoms with van der Waals surface area (Å²) in [5, 5.41) is 0.402. The first kappa shape index (κ1) is 14.5. The second-order valence-electron chi connectivity index (χ2n) is 5.40. The molecule has 0 N–H and O–H groups in total. The van der Waals surface area contributed by atoms with Crippen LogP contribution in [-0.2, 0) is 9.53 Å². The maximum Gasteiger partial charge on any atom is 0.225 e. The fourth-order valence-corrected chi connectivity index (χ4v) is 3.03. The SMILES string of the molecule is O=C(C1CCN(c2cncc(Cl)n2)CC1)N1CCOCC1. The van der Waals surface area contributed by atoms with Crippen molar-refractivity contribution in [1.29, 1.82) is 0 Å². The van der Waals surface area contributed by atoms with Gasteiger partial charge in [-0.25, -0.2) is 4.98 Å². The van der Waals surface area contributed by atoms with Gasteiger partial charge in [-0.2, -0.15) is 0 Å². The van der Waals surface area contributed by atoms with Crippen LogP contribution in [0.15, 0.2) is 12.4 Å². The fraction of sp³-hybridized carbons (Fsp3) is 0.643. The van der Waals surface area contributed by atoms with E-state index in [0.29, 0.717) is 18.4 Å². The van der Waals surface area contributed by atoms with Crippen LogP contribution in [0.5, 0.6) is 0 Å². The first-order valence-electron chi connectivity index (χ1n) is 7.33. The van der Waals surface area contributed by atoms with Crippen molar-refractivity contribution in [3.8, 4) is 0 Å². The largest absolute Gasteiger partial charge is 0.378 e. The molecule has 0 unspecified atom stereocenters. The highest BCUT2D eigenvalue weighted by atomic mass is 35.5. The van der Waals surface area contributed by atoms with Crippen LogP contribution in [0.1, 0.15) is 12.8 Å². The van der Waals surface area contributed by atoms with E-state index in [4.69, 9.17) is 16.3 Å². The average molecular weight is 311 g/mol. The molecule has 0 aliphatic carbocycles. The third-order valence-electron chi connectivity index (χ3n) is 4.08. The number of halogens is 1. The van der Waals surface area contributed by atoms with E-state index < -0.39 is 0 Å². The first-order valence-corrected chi connectivity index (χ1v) is 7.71. The molecule has 114 valence electrons. The second-order valence-corrected chi connectivity index (χ2v) is 5.79. The van der Waals surface area contributed by atoms with Crippen molar-refractivity contribution < 1.29 is 9.53 Å². The number of anilines is 1. The van der Waals surface area contributed by atoms with Crippen LogP contribution in [-0.4, -0.2) is 60.2 Å². The minimum Gasteiger partial charge on any atom is -0.378 e. The molecule has 0 atom stereocenters. The number of rotatable bonds is 2. The lowest BCUT2D eigenvalue weighted by Gasteiger charge is -2.35. The molecule has 1 amide bonds. The molecular formula is C14H19ClN4O2. The van der Waals surface area contributed by atoms with Crippen LogP contribution in [0.25, 0.3) is 0 Å². The molecule has 3 rings (SSSR count). The van der Waals surface area contributed by atoms with E-state index in [0.717, 1.165) is 44.8 Å². The lowest BCUT2D eigenvalue weighted by molar-refractivity contribution is -0.140. The van der Waals surface area contributed by atoms with E-state index in [-0.39, 0.29) is 11.8 Å². The molecule has 0 saturated carbocycles. The molecule has 0 bridgehead atoms. The van der Waals surface area contributed by atoms with Crippen LogP contribution >= 0.6 is 11.6 Å². The summed E-state index contributed by atoms with van der Waals surface area (Å²) in [5.74, 6) is 1.18. The summed E-state index contributed by atoms with van der Waals surface area (Å²) in [5.41, 5.74) is 0. The fourth-order valence-electron chi connectivity index (χ4n) is 2.88. The van der Waals surface area contributed by atoms with Crippen molar-refractivity contribution in [3.05, 3.63) is 17.5 Å². The van der Waals surface area contributed by atoms with Gasteiger partial charge in [-0.15, -0.1) is 0 Å². The van der Waals surface area contributed by atoms with Gasteiger partial charge in [0.15, 0.2) is 0 Å². The third-order valence-corrected chi connectivity index (χ3v) is 4.27. The highest BCUT2D eigenvalue weighted by Gasteiger charge is 2.29. The number of morpholine rings is 1. The minimum atomic E-state index is 0.117. The molecule has 0 spiro atoms. The Morgan fingerprint density at radius 2 is 1.90 bits per heavy atom. The lowest BCUT2D eigenvalue weighted by atomic mass is 9.95. The predicted octanol–water partition coefficient (Wildman–Crippen LogP) is 1.21. The monoisotopic (exact) mass is 310 g/mol. The van der Waals surface area contributed by atoms with Gasteiger partial charge in [-0.3, -0.25) is 9.78 Å². The Labute approximate surface area is 129 Å². The van der Waals surface area contributed by atoms with Gasteiger partial charge in [0.25, 0.3) is 0 Å². The first-order chi connectivity index (χ1) is 10.2. The molecule has 0 aromatic carbocycles. The summed E-state index contributed by atoms with van der Waals surface area (Å²) in [4.78, 5) is 24.9. The molecule has 2 saturated heterocycles. The zero-order chi connectivity index (χ0) is 14.7. The number of hydrogen-bond donors (Lipinski definition) is 0. The predicted molar refractivity (Wildman–Crippen MR) is 79.4 cm³/mol. The van der Waals surface area contributed by atoms with Gasteiger partial charge in [0.1, 0.15) is 11.0 Å². The molecule has 21 heavy (non-hydrogen) atoms. The number of piperidine rings is 1. The topological polar surface area (TPSA) is 58.6 Å². The van der Waals surface area contributed by atoms with Crippen molar-refractivity contribution in [2.75, 3.05) is 44.3 Å². The van der Waals surface area contributed by atoms with Gasteiger partial charge < -0.3 is 14.5 Å². The molecule has 7 heteroatoms. The zero-order valence-electron chi connectivity index (χ0n) is 11.9. The Kier molecular flexibility index (Phi) is 4.55. The van der Waals surface area contributed by atoms with Gasteiger partial charge in [0.05, 0.1) is 25.6 Å². The number of amides is 1. The van der Waals surface area contributed by atoms with Crippen molar-refractivity contribution in [2.24, 2.45) is 5.92 Å². The molecular weight excluding hydrogens is 292 g/mol. The number of carbonyl (C=O) groups is 1. The van der Waals surface area contributed by atoms with Crippen molar-refractivity contribution in [3.63, 3.8) is 0 Å². The summed E-state index contributed by atoms with van der Waals surface area (Å²) in [6.07, 6.45) is 4.95. The average Bonchev–Trinajstić information content (AvgIpc) is 2.55. The Morgan fingerprint density at radius 3 is 2.57 bits per heavy atom. The number of hydrogen-bond acceptors (Lipinski definition) is 5. The quantitative estimate of drug-likeness (QED) is 0.821. The molecule has 2 aliphatic heterocycles. The Morgan fingerprint density at radius 1 is 1.19 bits per heavy atom. The van der Waals surface area contributed by atoms with Crippen LogP contribution in [0.2, 0.25) is 5.15 Å². The van der Waals surface area contributed by atoms with Crippen LogP contribution in [0, 0.1) is 5.92 Å². The van der Waals surface area contributed by atoms with Gasteiger partial charge >= 0.3 is 0 Å². The van der Waals surface area contributed by atoms with Crippen LogP contribution in [0.3, 0.4) is 0 Å². The van der Waals surface area contributed by atoms with Gasteiger partial charge in [-0.05, 0) is 12.8 Å². The number of ether oxygens (including phenoxy) is 1.